The summed E-state index contributed by atoms with van der Waals surface area (Å²) in [5.41, 5.74) is 3.15. The highest BCUT2D eigenvalue weighted by molar-refractivity contribution is 5.75. The number of hydrogen-bond acceptors (Lipinski definition) is 6. The molecule has 1 N–H and O–H groups in total. The molecule has 0 atom stereocenters. The molecule has 0 unspecified atom stereocenters. The van der Waals surface area contributed by atoms with E-state index in [1.165, 1.54) is 0 Å². The number of piperazine rings is 1. The molecule has 0 radical (unpaired) electrons. The number of nitrogens with zero attached hydrogens (tertiary/aromatic N) is 3. The summed E-state index contributed by atoms with van der Waals surface area (Å²) in [6, 6.07) is 16.3. The van der Waals surface area contributed by atoms with Crippen LogP contribution < -0.4 is 10.2 Å². The number of oxazole rings is 1. The number of carbonyl (C=O) groups is 1. The highest BCUT2D eigenvalue weighted by atomic mass is 16.6. The van der Waals surface area contributed by atoms with Crippen LogP contribution in [0.15, 0.2) is 52.9 Å². The topological polar surface area (TPSA) is 70.8 Å². The maximum absolute atomic E-state index is 12.2. The number of carbonyl (C=O) groups excluding carboxylic acids is 1. The van der Waals surface area contributed by atoms with Crippen LogP contribution in [0, 0.1) is 0 Å². The number of benzene rings is 2. The third kappa shape index (κ3) is 4.62. The summed E-state index contributed by atoms with van der Waals surface area (Å²) in [4.78, 5) is 20.7. The van der Waals surface area contributed by atoms with Crippen LogP contribution >= 0.6 is 0 Å². The minimum absolute atomic E-state index is 0.241. The summed E-state index contributed by atoms with van der Waals surface area (Å²) < 4.78 is 11.2. The molecule has 4 rings (SSSR count). The zero-order valence-electron chi connectivity index (χ0n) is 17.0. The van der Waals surface area contributed by atoms with Crippen LogP contribution in [0.3, 0.4) is 0 Å². The molecule has 1 amide bonds. The maximum atomic E-state index is 12.2. The second kappa shape index (κ2) is 7.66. The van der Waals surface area contributed by atoms with Crippen molar-refractivity contribution in [3.05, 3.63) is 48.5 Å². The Kier molecular flexibility index (Phi) is 5.05. The Labute approximate surface area is 170 Å². The van der Waals surface area contributed by atoms with Gasteiger partial charge in [0.2, 0.25) is 0 Å². The molecule has 1 aliphatic heterocycles. The summed E-state index contributed by atoms with van der Waals surface area (Å²) in [6.07, 6.45) is -0.241. The molecule has 7 nitrogen and oxygen atoms in total. The number of rotatable bonds is 3. The number of hydrogen-bond donors (Lipinski definition) is 1. The smallest absolute Gasteiger partial charge is 0.410 e. The van der Waals surface area contributed by atoms with E-state index in [0.717, 1.165) is 35.6 Å². The van der Waals surface area contributed by atoms with Gasteiger partial charge in [-0.3, -0.25) is 0 Å². The monoisotopic (exact) mass is 394 g/mol. The molecule has 0 saturated carbocycles. The van der Waals surface area contributed by atoms with E-state index in [4.69, 9.17) is 9.15 Å². The quantitative estimate of drug-likeness (QED) is 0.698. The van der Waals surface area contributed by atoms with Crippen LogP contribution in [0.2, 0.25) is 0 Å². The van der Waals surface area contributed by atoms with E-state index in [0.29, 0.717) is 19.1 Å². The lowest BCUT2D eigenvalue weighted by molar-refractivity contribution is 0.0240. The van der Waals surface area contributed by atoms with Crippen molar-refractivity contribution >= 4 is 34.6 Å². The van der Waals surface area contributed by atoms with Crippen LogP contribution in [0.25, 0.3) is 11.1 Å². The molecular formula is C22H26N4O3. The average molecular weight is 394 g/mol. The second-order valence-corrected chi connectivity index (χ2v) is 8.11. The number of ether oxygens (including phenoxy) is 1. The average Bonchev–Trinajstić information content (AvgIpc) is 3.10. The lowest BCUT2D eigenvalue weighted by Crippen LogP contribution is -2.50. The van der Waals surface area contributed by atoms with Crippen LogP contribution in [-0.4, -0.2) is 47.8 Å². The summed E-state index contributed by atoms with van der Waals surface area (Å²) in [5.74, 6) is 0. The Bertz CT molecular complexity index is 950. The third-order valence-electron chi connectivity index (χ3n) is 4.71. The van der Waals surface area contributed by atoms with Gasteiger partial charge in [0.1, 0.15) is 11.1 Å². The molecule has 1 fully saturated rings. The van der Waals surface area contributed by atoms with Crippen LogP contribution in [-0.2, 0) is 4.74 Å². The Morgan fingerprint density at radius 1 is 1.03 bits per heavy atom. The van der Waals surface area contributed by atoms with Gasteiger partial charge in [-0.25, -0.2) is 4.79 Å². The van der Waals surface area contributed by atoms with Crippen molar-refractivity contribution in [2.24, 2.45) is 0 Å². The van der Waals surface area contributed by atoms with Gasteiger partial charge in [-0.1, -0.05) is 12.1 Å². The van der Waals surface area contributed by atoms with Crippen molar-refractivity contribution in [2.45, 2.75) is 26.4 Å². The minimum Gasteiger partial charge on any atom is -0.444 e. The van der Waals surface area contributed by atoms with Gasteiger partial charge in [-0.15, -0.1) is 0 Å². The zero-order chi connectivity index (χ0) is 20.4. The van der Waals surface area contributed by atoms with Gasteiger partial charge in [-0.2, -0.15) is 4.98 Å². The van der Waals surface area contributed by atoms with E-state index < -0.39 is 5.60 Å². The summed E-state index contributed by atoms with van der Waals surface area (Å²) in [7, 11) is 0. The molecule has 0 spiro atoms. The number of amides is 1. The Balaban J connectivity index is 1.34. The molecule has 7 heteroatoms. The normalized spacial score (nSPS) is 14.9. The van der Waals surface area contributed by atoms with Crippen molar-refractivity contribution in [2.75, 3.05) is 36.4 Å². The van der Waals surface area contributed by atoms with Gasteiger partial charge in [0.15, 0.2) is 5.58 Å². The van der Waals surface area contributed by atoms with Crippen molar-refractivity contribution in [1.82, 2.24) is 9.88 Å². The first-order valence-corrected chi connectivity index (χ1v) is 9.83. The molecule has 1 aliphatic rings. The van der Waals surface area contributed by atoms with Crippen molar-refractivity contribution in [1.29, 1.82) is 0 Å². The van der Waals surface area contributed by atoms with Gasteiger partial charge in [0.25, 0.3) is 6.01 Å². The number of fused-ring (bicyclic) bond motifs is 1. The molecule has 2 heterocycles. The Morgan fingerprint density at radius 2 is 1.72 bits per heavy atom. The maximum Gasteiger partial charge on any atom is 0.410 e. The number of aromatic nitrogens is 1. The molecule has 1 saturated heterocycles. The molecule has 152 valence electrons. The molecule has 1 aromatic heterocycles. The fraction of sp³-hybridized carbons (Fsp3) is 0.364. The lowest BCUT2D eigenvalue weighted by Gasteiger charge is -2.36. The van der Waals surface area contributed by atoms with Crippen molar-refractivity contribution in [3.8, 4) is 0 Å². The van der Waals surface area contributed by atoms with Crippen molar-refractivity contribution in [3.63, 3.8) is 0 Å². The molecule has 3 aromatic rings. The lowest BCUT2D eigenvalue weighted by atomic mass is 10.2. The Morgan fingerprint density at radius 3 is 2.38 bits per heavy atom. The molecule has 0 bridgehead atoms. The third-order valence-corrected chi connectivity index (χ3v) is 4.71. The number of nitrogens with one attached hydrogen (secondary N) is 1. The van der Waals surface area contributed by atoms with Crippen LogP contribution in [0.5, 0.6) is 0 Å². The first-order valence-electron chi connectivity index (χ1n) is 9.83. The van der Waals surface area contributed by atoms with E-state index in [2.05, 4.69) is 27.3 Å². The predicted octanol–water partition coefficient (Wildman–Crippen LogP) is 4.63. The van der Waals surface area contributed by atoms with Gasteiger partial charge < -0.3 is 24.3 Å². The number of anilines is 3. The van der Waals surface area contributed by atoms with Crippen LogP contribution in [0.4, 0.5) is 22.2 Å². The van der Waals surface area contributed by atoms with Gasteiger partial charge in [0, 0.05) is 37.6 Å². The zero-order valence-corrected chi connectivity index (χ0v) is 17.0. The largest absolute Gasteiger partial charge is 0.444 e. The second-order valence-electron chi connectivity index (χ2n) is 8.11. The number of para-hydroxylation sites is 2. The van der Waals surface area contributed by atoms with E-state index in [1.54, 1.807) is 4.90 Å². The van der Waals surface area contributed by atoms with E-state index in [1.807, 2.05) is 57.2 Å². The molecule has 29 heavy (non-hydrogen) atoms. The molecule has 0 aliphatic carbocycles. The summed E-state index contributed by atoms with van der Waals surface area (Å²) >= 11 is 0. The minimum atomic E-state index is -0.467. The first-order chi connectivity index (χ1) is 13.9. The first kappa shape index (κ1) is 19.1. The van der Waals surface area contributed by atoms with E-state index in [-0.39, 0.29) is 6.09 Å². The fourth-order valence-electron chi connectivity index (χ4n) is 3.28. The van der Waals surface area contributed by atoms with E-state index in [9.17, 15) is 4.79 Å². The molecule has 2 aromatic carbocycles. The fourth-order valence-corrected chi connectivity index (χ4v) is 3.28. The van der Waals surface area contributed by atoms with Crippen LogP contribution in [0.1, 0.15) is 20.8 Å². The van der Waals surface area contributed by atoms with E-state index >= 15 is 0 Å². The summed E-state index contributed by atoms with van der Waals surface area (Å²) in [6.45, 7) is 8.51. The van der Waals surface area contributed by atoms with Gasteiger partial charge >= 0.3 is 6.09 Å². The highest BCUT2D eigenvalue weighted by Crippen LogP contribution is 2.24. The van der Waals surface area contributed by atoms with Crippen molar-refractivity contribution < 1.29 is 13.9 Å². The summed E-state index contributed by atoms with van der Waals surface area (Å²) in [5, 5.41) is 3.20. The highest BCUT2D eigenvalue weighted by Gasteiger charge is 2.25. The Hall–Kier alpha value is -3.22. The standard InChI is InChI=1S/C22H26N4O3/c1-22(2,3)29-21(27)26-14-12-25(13-15-26)17-10-8-16(9-11-17)23-20-24-18-6-4-5-7-19(18)28-20/h4-11H,12-15H2,1-3H3,(H,23,24). The predicted molar refractivity (Wildman–Crippen MR) is 114 cm³/mol. The van der Waals surface area contributed by atoms with Gasteiger partial charge in [0.05, 0.1) is 0 Å². The van der Waals surface area contributed by atoms with Gasteiger partial charge in [-0.05, 0) is 57.2 Å². The molecular weight excluding hydrogens is 368 g/mol. The SMILES string of the molecule is CC(C)(C)OC(=O)N1CCN(c2ccc(Nc3nc4ccccc4o3)cc2)CC1.